The minimum absolute atomic E-state index is 0. The Kier molecular flexibility index (Phi) is 8.00. The number of alkyl halides is 3. The Bertz CT molecular complexity index is 924. The Morgan fingerprint density at radius 1 is 1.03 bits per heavy atom. The number of halogens is 4. The van der Waals surface area contributed by atoms with Gasteiger partial charge in [0, 0.05) is 25.7 Å². The molecule has 3 N–H and O–H groups in total. The molecule has 0 atom stereocenters. The monoisotopic (exact) mass is 516 g/mol. The number of H-pyrrole nitrogens is 1. The number of nitrogens with one attached hydrogen (secondary N) is 3. The Morgan fingerprint density at radius 3 is 2.31 bits per heavy atom. The van der Waals surface area contributed by atoms with Gasteiger partial charge in [0.05, 0.1) is 5.56 Å². The lowest BCUT2D eigenvalue weighted by Gasteiger charge is -2.13. The van der Waals surface area contributed by atoms with E-state index in [-0.39, 0.29) is 24.0 Å². The third kappa shape index (κ3) is 6.44. The van der Waals surface area contributed by atoms with Crippen LogP contribution in [0.5, 0.6) is 0 Å². The molecule has 0 aliphatic carbocycles. The third-order valence-electron chi connectivity index (χ3n) is 4.04. The Labute approximate surface area is 183 Å². The topological polar surface area (TPSA) is 78.0 Å². The van der Waals surface area contributed by atoms with E-state index in [1.165, 1.54) is 18.5 Å². The van der Waals surface area contributed by atoms with Gasteiger partial charge in [0.25, 0.3) is 0 Å². The van der Waals surface area contributed by atoms with Crippen LogP contribution in [0.15, 0.2) is 59.9 Å². The fourth-order valence-electron chi connectivity index (χ4n) is 2.58. The first-order chi connectivity index (χ1) is 13.5. The highest BCUT2D eigenvalue weighted by atomic mass is 127. The molecule has 0 aliphatic rings. The normalized spacial score (nSPS) is 11.7. The predicted octanol–water partition coefficient (Wildman–Crippen LogP) is 3.97. The number of benzene rings is 2. The first kappa shape index (κ1) is 22.7. The highest BCUT2D eigenvalue weighted by molar-refractivity contribution is 14.0. The molecule has 154 valence electrons. The van der Waals surface area contributed by atoms with Crippen LogP contribution >= 0.6 is 24.0 Å². The summed E-state index contributed by atoms with van der Waals surface area (Å²) in [7, 11) is 1.63. The van der Waals surface area contributed by atoms with Crippen molar-refractivity contribution in [2.45, 2.75) is 19.3 Å². The van der Waals surface area contributed by atoms with Gasteiger partial charge in [0.15, 0.2) is 11.8 Å². The molecular formula is C19H20F3IN6. The molecule has 0 radical (unpaired) electrons. The molecule has 1 heterocycles. The van der Waals surface area contributed by atoms with Gasteiger partial charge in [-0.2, -0.15) is 18.3 Å². The van der Waals surface area contributed by atoms with E-state index in [1.807, 2.05) is 24.3 Å². The van der Waals surface area contributed by atoms with Gasteiger partial charge >= 0.3 is 6.18 Å². The highest BCUT2D eigenvalue weighted by Gasteiger charge is 2.29. The second kappa shape index (κ2) is 10.2. The smallest absolute Gasteiger partial charge is 0.352 e. The van der Waals surface area contributed by atoms with Gasteiger partial charge < -0.3 is 10.6 Å². The minimum atomic E-state index is -4.33. The number of nitrogens with zero attached hydrogens (tertiary/aromatic N) is 3. The number of aromatic amines is 1. The van der Waals surface area contributed by atoms with E-state index in [1.54, 1.807) is 7.05 Å². The fraction of sp³-hybridized carbons (Fsp3) is 0.211. The first-order valence-electron chi connectivity index (χ1n) is 8.51. The molecule has 0 fully saturated rings. The lowest BCUT2D eigenvalue weighted by molar-refractivity contribution is -0.137. The number of hydrogen-bond donors (Lipinski definition) is 3. The van der Waals surface area contributed by atoms with Crippen LogP contribution in [-0.4, -0.2) is 28.2 Å². The van der Waals surface area contributed by atoms with E-state index in [2.05, 4.69) is 30.8 Å². The lowest BCUT2D eigenvalue weighted by Crippen LogP contribution is -2.36. The zero-order chi connectivity index (χ0) is 20.0. The summed E-state index contributed by atoms with van der Waals surface area (Å²) in [6.45, 7) is 0.880. The fourth-order valence-corrected chi connectivity index (χ4v) is 2.58. The van der Waals surface area contributed by atoms with Crippen molar-refractivity contribution in [2.24, 2.45) is 4.99 Å². The molecule has 0 unspecified atom stereocenters. The quantitative estimate of drug-likeness (QED) is 0.273. The van der Waals surface area contributed by atoms with Crippen molar-refractivity contribution in [1.29, 1.82) is 0 Å². The van der Waals surface area contributed by atoms with Gasteiger partial charge in [-0.25, -0.2) is 4.98 Å². The molecule has 29 heavy (non-hydrogen) atoms. The molecule has 3 aromatic rings. The molecule has 0 saturated heterocycles. The van der Waals surface area contributed by atoms with Crippen LogP contribution in [0.2, 0.25) is 0 Å². The van der Waals surface area contributed by atoms with Crippen molar-refractivity contribution in [1.82, 2.24) is 25.8 Å². The number of aliphatic imine (C=N–C) groups is 1. The SMILES string of the molecule is CN=C(NCc1ccc(C(F)(F)F)cc1)NCc1cccc(-c2ncn[nH]2)c1.I. The zero-order valence-electron chi connectivity index (χ0n) is 15.5. The largest absolute Gasteiger partial charge is 0.416 e. The molecule has 0 saturated carbocycles. The molecule has 1 aromatic heterocycles. The average molecular weight is 516 g/mol. The maximum absolute atomic E-state index is 12.6. The summed E-state index contributed by atoms with van der Waals surface area (Å²) < 4.78 is 37.8. The molecule has 0 amide bonds. The molecular weight excluding hydrogens is 496 g/mol. The summed E-state index contributed by atoms with van der Waals surface area (Å²) in [6, 6.07) is 12.8. The molecule has 2 aromatic carbocycles. The summed E-state index contributed by atoms with van der Waals surface area (Å²) >= 11 is 0. The lowest BCUT2D eigenvalue weighted by atomic mass is 10.1. The third-order valence-corrected chi connectivity index (χ3v) is 4.04. The Hall–Kier alpha value is -2.63. The highest BCUT2D eigenvalue weighted by Crippen LogP contribution is 2.29. The Balaban J connectivity index is 0.00000300. The van der Waals surface area contributed by atoms with E-state index in [4.69, 9.17) is 0 Å². The van der Waals surface area contributed by atoms with E-state index < -0.39 is 11.7 Å². The minimum Gasteiger partial charge on any atom is -0.352 e. The summed E-state index contributed by atoms with van der Waals surface area (Å²) in [6.07, 6.45) is -2.88. The molecule has 6 nitrogen and oxygen atoms in total. The molecule has 0 spiro atoms. The van der Waals surface area contributed by atoms with E-state index in [0.717, 1.165) is 28.8 Å². The van der Waals surface area contributed by atoms with Crippen molar-refractivity contribution in [3.63, 3.8) is 0 Å². The van der Waals surface area contributed by atoms with Gasteiger partial charge in [-0.3, -0.25) is 10.1 Å². The van der Waals surface area contributed by atoms with Crippen LogP contribution in [0, 0.1) is 0 Å². The predicted molar refractivity (Wildman–Crippen MR) is 116 cm³/mol. The molecule has 0 bridgehead atoms. The van der Waals surface area contributed by atoms with Gasteiger partial charge in [-0.1, -0.05) is 30.3 Å². The summed E-state index contributed by atoms with van der Waals surface area (Å²) in [5, 5.41) is 12.9. The number of hydrogen-bond acceptors (Lipinski definition) is 3. The Morgan fingerprint density at radius 2 is 1.72 bits per heavy atom. The number of guanidine groups is 1. The van der Waals surface area contributed by atoms with Crippen molar-refractivity contribution in [2.75, 3.05) is 7.05 Å². The van der Waals surface area contributed by atoms with Crippen molar-refractivity contribution in [3.8, 4) is 11.4 Å². The van der Waals surface area contributed by atoms with Gasteiger partial charge in [0.2, 0.25) is 0 Å². The van der Waals surface area contributed by atoms with Gasteiger partial charge in [-0.15, -0.1) is 24.0 Å². The first-order valence-corrected chi connectivity index (χ1v) is 8.51. The van der Waals surface area contributed by atoms with Crippen LogP contribution in [0.4, 0.5) is 13.2 Å². The van der Waals surface area contributed by atoms with E-state index in [0.29, 0.717) is 24.9 Å². The summed E-state index contributed by atoms with van der Waals surface area (Å²) in [4.78, 5) is 8.26. The van der Waals surface area contributed by atoms with Crippen molar-refractivity contribution < 1.29 is 13.2 Å². The van der Waals surface area contributed by atoms with Gasteiger partial charge in [-0.05, 0) is 29.3 Å². The van der Waals surface area contributed by atoms with Crippen LogP contribution in [0.25, 0.3) is 11.4 Å². The van der Waals surface area contributed by atoms with Crippen LogP contribution in [0.1, 0.15) is 16.7 Å². The molecule has 0 aliphatic heterocycles. The van der Waals surface area contributed by atoms with E-state index in [9.17, 15) is 13.2 Å². The van der Waals surface area contributed by atoms with Crippen LogP contribution in [0.3, 0.4) is 0 Å². The standard InChI is InChI=1S/C19H19F3N6.HI/c1-23-18(24-10-13-5-7-16(8-6-13)19(20,21)22)25-11-14-3-2-4-15(9-14)17-26-12-27-28-17;/h2-9,12H,10-11H2,1H3,(H2,23,24,25)(H,26,27,28);1H. The van der Waals surface area contributed by atoms with E-state index >= 15 is 0 Å². The number of rotatable bonds is 5. The second-order valence-electron chi connectivity index (χ2n) is 6.01. The average Bonchev–Trinajstić information content (AvgIpc) is 3.23. The maximum atomic E-state index is 12.6. The zero-order valence-corrected chi connectivity index (χ0v) is 17.8. The maximum Gasteiger partial charge on any atom is 0.416 e. The van der Waals surface area contributed by atoms with Crippen molar-refractivity contribution >= 4 is 29.9 Å². The van der Waals surface area contributed by atoms with Gasteiger partial charge in [0.1, 0.15) is 6.33 Å². The molecule has 3 rings (SSSR count). The summed E-state index contributed by atoms with van der Waals surface area (Å²) in [5.41, 5.74) is 2.00. The number of aromatic nitrogens is 3. The molecule has 10 heteroatoms. The van der Waals surface area contributed by atoms with Crippen LogP contribution < -0.4 is 10.6 Å². The van der Waals surface area contributed by atoms with Crippen molar-refractivity contribution in [3.05, 3.63) is 71.5 Å². The van der Waals surface area contributed by atoms with Crippen LogP contribution in [-0.2, 0) is 19.3 Å². The summed E-state index contributed by atoms with van der Waals surface area (Å²) in [5.74, 6) is 1.23. The second-order valence-corrected chi connectivity index (χ2v) is 6.01.